The molecule has 8 heteroatoms. The van der Waals surface area contributed by atoms with Gasteiger partial charge in [-0.05, 0) is 110 Å². The number of amides is 1. The van der Waals surface area contributed by atoms with Crippen molar-refractivity contribution in [3.8, 4) is 11.8 Å². The fraction of sp³-hybridized carbons (Fsp3) is 0.444. The molecule has 4 nitrogen and oxygen atoms in total. The van der Waals surface area contributed by atoms with Crippen molar-refractivity contribution in [2.75, 3.05) is 11.9 Å². The zero-order valence-electron chi connectivity index (χ0n) is 25.0. The van der Waals surface area contributed by atoms with Crippen molar-refractivity contribution >= 4 is 29.0 Å². The van der Waals surface area contributed by atoms with Crippen molar-refractivity contribution in [3.63, 3.8) is 0 Å². The molecule has 230 valence electrons. The summed E-state index contributed by atoms with van der Waals surface area (Å²) in [6.07, 6.45) is 2.41. The fourth-order valence-corrected chi connectivity index (χ4v) is 8.72. The maximum atomic E-state index is 13.4. The van der Waals surface area contributed by atoms with Gasteiger partial charge in [0.25, 0.3) is 5.91 Å². The molecule has 1 amide bonds. The molecular formula is C36H35ClF3NO3. The van der Waals surface area contributed by atoms with Gasteiger partial charge in [0.1, 0.15) is 5.60 Å². The number of hydrogen-bond acceptors (Lipinski definition) is 3. The summed E-state index contributed by atoms with van der Waals surface area (Å²) in [6.45, 7) is 3.95. The second-order valence-corrected chi connectivity index (χ2v) is 13.3. The van der Waals surface area contributed by atoms with Crippen LogP contribution in [0.1, 0.15) is 86.2 Å². The Hall–Kier alpha value is -3.34. The lowest BCUT2D eigenvalue weighted by molar-refractivity contribution is -0.137. The van der Waals surface area contributed by atoms with Crippen LogP contribution in [0, 0.1) is 29.1 Å². The fourth-order valence-electron chi connectivity index (χ4n) is 8.49. The highest BCUT2D eigenvalue weighted by Gasteiger charge is 2.62. The van der Waals surface area contributed by atoms with Crippen molar-refractivity contribution in [3.05, 3.63) is 87.0 Å². The summed E-state index contributed by atoms with van der Waals surface area (Å²) in [5.74, 6) is 6.31. The van der Waals surface area contributed by atoms with Gasteiger partial charge in [0.2, 0.25) is 0 Å². The molecule has 2 aromatic rings. The number of aliphatic hydroxyl groups is 1. The third-order valence-corrected chi connectivity index (χ3v) is 11.1. The molecule has 2 aromatic carbocycles. The predicted molar refractivity (Wildman–Crippen MR) is 164 cm³/mol. The van der Waals surface area contributed by atoms with Crippen LogP contribution in [0.25, 0.3) is 0 Å². The van der Waals surface area contributed by atoms with Crippen LogP contribution in [0.5, 0.6) is 0 Å². The number of alkyl halides is 3. The highest BCUT2D eigenvalue weighted by Crippen LogP contribution is 2.66. The molecule has 1 N–H and O–H groups in total. The molecule has 0 radical (unpaired) electrons. The first-order valence-corrected chi connectivity index (χ1v) is 15.5. The van der Waals surface area contributed by atoms with Gasteiger partial charge in [0.15, 0.2) is 5.78 Å². The van der Waals surface area contributed by atoms with E-state index >= 15 is 0 Å². The number of anilines is 1. The van der Waals surface area contributed by atoms with Crippen molar-refractivity contribution in [2.45, 2.75) is 76.5 Å². The van der Waals surface area contributed by atoms with Crippen LogP contribution in [0.2, 0.25) is 5.02 Å². The number of hydrogen-bond donors (Lipinski definition) is 1. The molecule has 0 heterocycles. The molecular weight excluding hydrogens is 587 g/mol. The minimum atomic E-state index is -4.68. The Bertz CT molecular complexity index is 1660. The van der Waals surface area contributed by atoms with Crippen LogP contribution < -0.4 is 4.90 Å². The quantitative estimate of drug-likeness (QED) is 0.351. The number of ketones is 1. The van der Waals surface area contributed by atoms with Gasteiger partial charge in [0.05, 0.1) is 10.6 Å². The molecule has 0 bridgehead atoms. The van der Waals surface area contributed by atoms with Crippen LogP contribution in [-0.2, 0) is 11.0 Å². The summed E-state index contributed by atoms with van der Waals surface area (Å²) in [5.41, 5.74) is 2.74. The van der Waals surface area contributed by atoms with Gasteiger partial charge >= 0.3 is 6.18 Å². The normalized spacial score (nSPS) is 29.6. The van der Waals surface area contributed by atoms with E-state index in [-0.39, 0.29) is 29.1 Å². The number of carbonyl (C=O) groups is 2. The number of allylic oxidation sites excluding steroid dienone is 4. The Kier molecular flexibility index (Phi) is 7.62. The highest BCUT2D eigenvalue weighted by molar-refractivity contribution is 6.31. The zero-order chi connectivity index (χ0) is 31.6. The van der Waals surface area contributed by atoms with Gasteiger partial charge in [-0.3, -0.25) is 9.59 Å². The van der Waals surface area contributed by atoms with E-state index in [1.807, 2.05) is 30.3 Å². The Morgan fingerprint density at radius 2 is 1.82 bits per heavy atom. The maximum absolute atomic E-state index is 13.4. The molecule has 6 rings (SSSR count). The van der Waals surface area contributed by atoms with Gasteiger partial charge in [-0.25, -0.2) is 0 Å². The van der Waals surface area contributed by atoms with Gasteiger partial charge in [0, 0.05) is 36.1 Å². The van der Waals surface area contributed by atoms with Crippen LogP contribution in [-0.4, -0.2) is 29.4 Å². The van der Waals surface area contributed by atoms with E-state index in [0.717, 1.165) is 49.0 Å². The van der Waals surface area contributed by atoms with E-state index in [4.69, 9.17) is 11.6 Å². The monoisotopic (exact) mass is 621 g/mol. The number of carbonyl (C=O) groups excluding carboxylic acids is 2. The molecule has 5 atom stereocenters. The zero-order valence-corrected chi connectivity index (χ0v) is 25.8. The lowest BCUT2D eigenvalue weighted by atomic mass is 9.51. The second kappa shape index (κ2) is 10.9. The molecule has 2 fully saturated rings. The van der Waals surface area contributed by atoms with Crippen molar-refractivity contribution in [2.24, 2.45) is 17.3 Å². The lowest BCUT2D eigenvalue weighted by Crippen LogP contribution is -2.51. The SMILES string of the molecule is CC#C[C@]1(O)CC[C@H]2[C@@H]3CCC4=CC(=O)CCC4=C3[C@@H](c3ccc(N(C)C(=O)c4ccc(Cl)c(C(F)(F)F)c4)cc3)C[C@@]21C. The topological polar surface area (TPSA) is 57.6 Å². The summed E-state index contributed by atoms with van der Waals surface area (Å²) in [6, 6.07) is 10.8. The molecule has 4 aliphatic carbocycles. The van der Waals surface area contributed by atoms with Gasteiger partial charge in [-0.15, -0.1) is 5.92 Å². The molecule has 2 saturated carbocycles. The first-order valence-electron chi connectivity index (χ1n) is 15.1. The molecule has 44 heavy (non-hydrogen) atoms. The number of benzene rings is 2. The van der Waals surface area contributed by atoms with Crippen LogP contribution in [0.4, 0.5) is 18.9 Å². The van der Waals surface area contributed by atoms with E-state index in [2.05, 4.69) is 18.8 Å². The standard InChI is InChI=1S/C36H35ClF3NO3/c1-4-16-35(44)17-15-29-27-12-7-22-18-25(42)11-13-26(22)32(27)28(20-34(29,35)2)21-5-9-24(10-6-21)41(3)33(43)23-8-14-31(37)30(19-23)36(38,39)40/h5-6,8-10,14,18-19,27-29,44H,7,11-13,15,17,20H2,1-3H3/t27-,28+,29-,34-,35-/m0/s1. The average molecular weight is 622 g/mol. The van der Waals surface area contributed by atoms with Gasteiger partial charge in [-0.2, -0.15) is 13.2 Å². The number of nitrogens with zero attached hydrogens (tertiary/aromatic N) is 1. The first-order chi connectivity index (χ1) is 20.8. The minimum absolute atomic E-state index is 0.00269. The molecule has 0 saturated heterocycles. The van der Waals surface area contributed by atoms with E-state index < -0.39 is 33.7 Å². The molecule has 0 aromatic heterocycles. The third-order valence-electron chi connectivity index (χ3n) is 10.7. The summed E-state index contributed by atoms with van der Waals surface area (Å²) in [4.78, 5) is 26.9. The summed E-state index contributed by atoms with van der Waals surface area (Å²) in [7, 11) is 1.53. The Balaban J connectivity index is 1.37. The van der Waals surface area contributed by atoms with Crippen LogP contribution in [0.15, 0.2) is 65.3 Å². The summed E-state index contributed by atoms with van der Waals surface area (Å²) < 4.78 is 40.3. The molecule has 0 spiro atoms. The Labute approximate surface area is 261 Å². The Morgan fingerprint density at radius 3 is 2.50 bits per heavy atom. The number of halogens is 4. The third kappa shape index (κ3) is 4.91. The largest absolute Gasteiger partial charge is 0.417 e. The van der Waals surface area contributed by atoms with Crippen molar-refractivity contribution in [1.29, 1.82) is 0 Å². The number of rotatable bonds is 3. The molecule has 0 aliphatic heterocycles. The van der Waals surface area contributed by atoms with E-state index in [0.29, 0.717) is 24.9 Å². The molecule has 0 unspecified atom stereocenters. The van der Waals surface area contributed by atoms with Crippen molar-refractivity contribution in [1.82, 2.24) is 0 Å². The predicted octanol–water partition coefficient (Wildman–Crippen LogP) is 8.29. The van der Waals surface area contributed by atoms with Gasteiger partial charge in [-0.1, -0.05) is 42.2 Å². The second-order valence-electron chi connectivity index (χ2n) is 12.9. The lowest BCUT2D eigenvalue weighted by Gasteiger charge is -2.53. The maximum Gasteiger partial charge on any atom is 0.417 e. The van der Waals surface area contributed by atoms with E-state index in [1.165, 1.54) is 29.2 Å². The minimum Gasteiger partial charge on any atom is -0.377 e. The smallest absolute Gasteiger partial charge is 0.377 e. The van der Waals surface area contributed by atoms with E-state index in [9.17, 15) is 27.9 Å². The molecule has 4 aliphatic rings. The van der Waals surface area contributed by atoms with Crippen molar-refractivity contribution < 1.29 is 27.9 Å². The number of fused-ring (bicyclic) bond motifs is 4. The van der Waals surface area contributed by atoms with E-state index in [1.54, 1.807) is 6.92 Å². The summed E-state index contributed by atoms with van der Waals surface area (Å²) >= 11 is 5.76. The Morgan fingerprint density at radius 1 is 1.09 bits per heavy atom. The van der Waals surface area contributed by atoms with Gasteiger partial charge < -0.3 is 10.0 Å². The summed E-state index contributed by atoms with van der Waals surface area (Å²) in [5, 5.41) is 11.4. The van der Waals surface area contributed by atoms with Crippen LogP contribution >= 0.6 is 11.6 Å². The first kappa shape index (κ1) is 30.7. The van der Waals surface area contributed by atoms with Crippen LogP contribution in [0.3, 0.4) is 0 Å². The highest BCUT2D eigenvalue weighted by atomic mass is 35.5. The average Bonchev–Trinajstić information content (AvgIpc) is 3.25.